The molecule has 1 atom stereocenters. The molecule has 0 bridgehead atoms. The van der Waals surface area contributed by atoms with Crippen LogP contribution in [0.25, 0.3) is 22.5 Å². The zero-order valence-corrected chi connectivity index (χ0v) is 24.3. The number of thiophene rings is 1. The Hall–Kier alpha value is -4.52. The molecule has 3 heterocycles. The normalized spacial score (nSPS) is 16.1. The first-order chi connectivity index (χ1) is 20.7. The molecule has 204 valence electrons. The number of hydrogen-bond donors (Lipinski definition) is 0. The number of fused-ring (bicyclic) bond motifs is 4. The van der Waals surface area contributed by atoms with Gasteiger partial charge >= 0.3 is 0 Å². The van der Waals surface area contributed by atoms with Crippen LogP contribution in [0, 0.1) is 0 Å². The van der Waals surface area contributed by atoms with Gasteiger partial charge in [-0.1, -0.05) is 96.3 Å². The molecule has 8 rings (SSSR count). The minimum absolute atomic E-state index is 0.00429. The standard InChI is InChI=1S/C36H26N2O2S2/c39-35-32(21-23-8-5-13-27(20-23)40-22-26-12-6-11-24-9-1-3-14-28(24)26)42-36-37-33-29-15-4-2-10-25(29)17-18-30(33)34(38(35)36)31-16-7-19-41-31/h1-16,19-21,34H,17-18,22H2/b32-21+/t34-/m0/s1. The van der Waals surface area contributed by atoms with Crippen molar-refractivity contribution in [2.45, 2.75) is 25.5 Å². The van der Waals surface area contributed by atoms with Crippen LogP contribution in [0.15, 0.2) is 124 Å². The van der Waals surface area contributed by atoms with E-state index >= 15 is 0 Å². The molecular formula is C36H26N2O2S2. The van der Waals surface area contributed by atoms with Crippen molar-refractivity contribution in [2.24, 2.45) is 4.99 Å². The van der Waals surface area contributed by atoms with E-state index in [1.165, 1.54) is 43.7 Å². The lowest BCUT2D eigenvalue weighted by Gasteiger charge is -2.30. The van der Waals surface area contributed by atoms with Gasteiger partial charge in [-0.25, -0.2) is 4.99 Å². The van der Waals surface area contributed by atoms with Gasteiger partial charge < -0.3 is 4.74 Å². The Morgan fingerprint density at radius 3 is 2.69 bits per heavy atom. The van der Waals surface area contributed by atoms with Crippen molar-refractivity contribution < 1.29 is 4.74 Å². The Morgan fingerprint density at radius 2 is 1.76 bits per heavy atom. The fraction of sp³-hybridized carbons (Fsp3) is 0.111. The first-order valence-corrected chi connectivity index (χ1v) is 15.8. The Kier molecular flexibility index (Phi) is 6.24. The molecular weight excluding hydrogens is 557 g/mol. The number of nitrogens with zero attached hydrogens (tertiary/aromatic N) is 2. The summed E-state index contributed by atoms with van der Waals surface area (Å²) in [5.74, 6) is 0.771. The fourth-order valence-electron chi connectivity index (χ4n) is 6.14. The van der Waals surface area contributed by atoms with E-state index in [9.17, 15) is 4.79 Å². The molecule has 42 heavy (non-hydrogen) atoms. The van der Waals surface area contributed by atoms with Gasteiger partial charge in [0.2, 0.25) is 0 Å². The minimum Gasteiger partial charge on any atom is -0.489 e. The molecule has 2 aromatic heterocycles. The molecule has 0 saturated carbocycles. The molecule has 1 aliphatic carbocycles. The summed E-state index contributed by atoms with van der Waals surface area (Å²) in [6.07, 6.45) is 3.83. The van der Waals surface area contributed by atoms with E-state index in [0.29, 0.717) is 11.1 Å². The van der Waals surface area contributed by atoms with Crippen LogP contribution in [0.4, 0.5) is 0 Å². The van der Waals surface area contributed by atoms with Crippen molar-refractivity contribution in [3.05, 3.63) is 161 Å². The lowest BCUT2D eigenvalue weighted by atomic mass is 9.85. The zero-order valence-electron chi connectivity index (χ0n) is 22.7. The number of hydrogen-bond acceptors (Lipinski definition) is 5. The maximum absolute atomic E-state index is 14.0. The Labute approximate surface area is 250 Å². The highest BCUT2D eigenvalue weighted by Crippen LogP contribution is 2.42. The second-order valence-corrected chi connectivity index (χ2v) is 12.6. The number of aromatic nitrogens is 1. The highest BCUT2D eigenvalue weighted by molar-refractivity contribution is 7.10. The number of benzene rings is 4. The first-order valence-electron chi connectivity index (χ1n) is 14.1. The highest BCUT2D eigenvalue weighted by atomic mass is 32.1. The van der Waals surface area contributed by atoms with Crippen LogP contribution in [-0.4, -0.2) is 4.57 Å². The minimum atomic E-state index is -0.123. The number of allylic oxidation sites excluding steroid dienone is 1. The van der Waals surface area contributed by atoms with E-state index in [1.54, 1.807) is 11.3 Å². The summed E-state index contributed by atoms with van der Waals surface area (Å²) in [5, 5.41) is 4.49. The average molecular weight is 583 g/mol. The maximum atomic E-state index is 14.0. The van der Waals surface area contributed by atoms with E-state index in [0.717, 1.165) is 40.2 Å². The van der Waals surface area contributed by atoms with Gasteiger partial charge in [-0.05, 0) is 75.5 Å². The van der Waals surface area contributed by atoms with Crippen molar-refractivity contribution in [1.29, 1.82) is 0 Å². The van der Waals surface area contributed by atoms with Crippen molar-refractivity contribution >= 4 is 45.2 Å². The molecule has 0 unspecified atom stereocenters. The molecule has 6 aromatic rings. The summed E-state index contributed by atoms with van der Waals surface area (Å²) in [7, 11) is 0. The third-order valence-electron chi connectivity index (χ3n) is 8.12. The second-order valence-electron chi connectivity index (χ2n) is 10.6. The summed E-state index contributed by atoms with van der Waals surface area (Å²) in [6.45, 7) is 0.473. The predicted molar refractivity (Wildman–Crippen MR) is 172 cm³/mol. The number of thiazole rings is 1. The topological polar surface area (TPSA) is 43.6 Å². The van der Waals surface area contributed by atoms with Crippen LogP contribution >= 0.6 is 22.7 Å². The molecule has 4 nitrogen and oxygen atoms in total. The summed E-state index contributed by atoms with van der Waals surface area (Å²) in [6, 6.07) is 35.2. The molecule has 6 heteroatoms. The number of ether oxygens (including phenoxy) is 1. The van der Waals surface area contributed by atoms with Crippen molar-refractivity contribution in [2.75, 3.05) is 0 Å². The van der Waals surface area contributed by atoms with Gasteiger partial charge in [0.25, 0.3) is 5.56 Å². The van der Waals surface area contributed by atoms with Crippen LogP contribution in [0.2, 0.25) is 0 Å². The Bertz CT molecular complexity index is 2180. The van der Waals surface area contributed by atoms with Gasteiger partial charge in [-0.3, -0.25) is 9.36 Å². The average Bonchev–Trinajstić information content (AvgIpc) is 3.67. The molecule has 0 fully saturated rings. The van der Waals surface area contributed by atoms with Gasteiger partial charge in [0.05, 0.1) is 16.3 Å². The van der Waals surface area contributed by atoms with Gasteiger partial charge in [-0.15, -0.1) is 11.3 Å². The summed E-state index contributed by atoms with van der Waals surface area (Å²) < 4.78 is 8.82. The van der Waals surface area contributed by atoms with Crippen molar-refractivity contribution in [3.8, 4) is 5.75 Å². The maximum Gasteiger partial charge on any atom is 0.271 e. The summed E-state index contributed by atoms with van der Waals surface area (Å²) in [5.41, 5.74) is 6.86. The van der Waals surface area contributed by atoms with E-state index in [1.807, 2.05) is 34.9 Å². The van der Waals surface area contributed by atoms with Crippen LogP contribution < -0.4 is 19.6 Å². The van der Waals surface area contributed by atoms with Crippen LogP contribution in [-0.2, 0) is 13.0 Å². The molecule has 1 aliphatic heterocycles. The molecule has 0 spiro atoms. The smallest absolute Gasteiger partial charge is 0.271 e. The predicted octanol–water partition coefficient (Wildman–Crippen LogP) is 7.11. The molecule has 4 aromatic carbocycles. The molecule has 0 N–H and O–H groups in total. The Balaban J connectivity index is 1.18. The number of aryl methyl sites for hydroxylation is 1. The Morgan fingerprint density at radius 1 is 0.905 bits per heavy atom. The van der Waals surface area contributed by atoms with Crippen LogP contribution in [0.5, 0.6) is 5.75 Å². The monoisotopic (exact) mass is 582 g/mol. The zero-order chi connectivity index (χ0) is 28.0. The van der Waals surface area contributed by atoms with Gasteiger partial charge in [0.15, 0.2) is 4.80 Å². The van der Waals surface area contributed by atoms with Gasteiger partial charge in [0.1, 0.15) is 12.4 Å². The second kappa shape index (κ2) is 10.4. The van der Waals surface area contributed by atoms with Crippen molar-refractivity contribution in [3.63, 3.8) is 0 Å². The van der Waals surface area contributed by atoms with Gasteiger partial charge in [-0.2, -0.15) is 0 Å². The number of rotatable bonds is 5. The highest BCUT2D eigenvalue weighted by Gasteiger charge is 2.33. The van der Waals surface area contributed by atoms with E-state index in [4.69, 9.17) is 9.73 Å². The quantitative estimate of drug-likeness (QED) is 0.217. The molecule has 0 saturated heterocycles. The lowest BCUT2D eigenvalue weighted by Crippen LogP contribution is -2.38. The molecule has 2 aliphatic rings. The third kappa shape index (κ3) is 4.35. The van der Waals surface area contributed by atoms with Crippen LogP contribution in [0.3, 0.4) is 0 Å². The largest absolute Gasteiger partial charge is 0.489 e. The lowest BCUT2D eigenvalue weighted by molar-refractivity contribution is 0.307. The van der Waals surface area contributed by atoms with E-state index in [-0.39, 0.29) is 11.6 Å². The first kappa shape index (κ1) is 25.2. The van der Waals surface area contributed by atoms with Crippen molar-refractivity contribution in [1.82, 2.24) is 4.57 Å². The summed E-state index contributed by atoms with van der Waals surface area (Å²) >= 11 is 3.16. The van der Waals surface area contributed by atoms with E-state index in [2.05, 4.69) is 84.2 Å². The van der Waals surface area contributed by atoms with Gasteiger partial charge in [0, 0.05) is 10.4 Å². The summed E-state index contributed by atoms with van der Waals surface area (Å²) in [4.78, 5) is 21.0. The van der Waals surface area contributed by atoms with E-state index < -0.39 is 0 Å². The van der Waals surface area contributed by atoms with Crippen LogP contribution in [0.1, 0.15) is 39.6 Å². The molecule has 0 amide bonds. The molecule has 0 radical (unpaired) electrons. The fourth-order valence-corrected chi connectivity index (χ4v) is 7.99. The third-order valence-corrected chi connectivity index (χ3v) is 10.0. The SMILES string of the molecule is O=c1/c(=C\c2cccc(OCc3cccc4ccccc34)c2)sc2n1[C@H](c1cccs1)C1=C(N=2)c2ccccc2CC1.